The molecular weight excluding hydrogens is 152 g/mol. The van der Waals surface area contributed by atoms with Crippen LogP contribution in [0, 0.1) is 23.7 Å². The number of Topliss-reactive ketones (excluding diaryl/α,β-unsaturated/α-hetero) is 1. The van der Waals surface area contributed by atoms with Crippen molar-refractivity contribution in [2.75, 3.05) is 0 Å². The molecule has 2 heteroatoms. The molecular formula is C10H12O2. The second-order valence-electron chi connectivity index (χ2n) is 4.24. The lowest BCUT2D eigenvalue weighted by molar-refractivity contribution is -0.127. The van der Waals surface area contributed by atoms with Gasteiger partial charge in [-0.25, -0.2) is 0 Å². The number of carbonyl (C=O) groups is 1. The van der Waals surface area contributed by atoms with Gasteiger partial charge in [-0.2, -0.15) is 0 Å². The Bertz CT molecular complexity index is 265. The fraction of sp³-hybridized carbons (Fsp3) is 0.700. The summed E-state index contributed by atoms with van der Waals surface area (Å²) >= 11 is 0. The Kier molecular flexibility index (Phi) is 1.14. The third-order valence-corrected chi connectivity index (χ3v) is 3.79. The summed E-state index contributed by atoms with van der Waals surface area (Å²) in [6, 6.07) is 0. The highest BCUT2D eigenvalue weighted by Gasteiger charge is 2.58. The van der Waals surface area contributed by atoms with Crippen LogP contribution in [0.15, 0.2) is 12.2 Å². The van der Waals surface area contributed by atoms with Crippen molar-refractivity contribution in [1.29, 1.82) is 0 Å². The Morgan fingerprint density at radius 3 is 2.92 bits per heavy atom. The molecule has 3 rings (SSSR count). The number of aliphatic hydroxyl groups excluding tert-OH is 1. The third kappa shape index (κ3) is 0.589. The van der Waals surface area contributed by atoms with Crippen LogP contribution in [0.1, 0.15) is 12.8 Å². The van der Waals surface area contributed by atoms with Gasteiger partial charge in [0.25, 0.3) is 0 Å². The minimum absolute atomic E-state index is 0.161. The van der Waals surface area contributed by atoms with Gasteiger partial charge in [0, 0.05) is 17.8 Å². The molecule has 2 fully saturated rings. The number of aliphatic hydroxyl groups is 1. The lowest BCUT2D eigenvalue weighted by Gasteiger charge is -2.26. The van der Waals surface area contributed by atoms with E-state index in [0.29, 0.717) is 11.7 Å². The number of rotatable bonds is 0. The van der Waals surface area contributed by atoms with Crippen LogP contribution in [0.4, 0.5) is 0 Å². The van der Waals surface area contributed by atoms with Crippen LogP contribution in [0.5, 0.6) is 0 Å². The van der Waals surface area contributed by atoms with E-state index in [1.165, 1.54) is 0 Å². The van der Waals surface area contributed by atoms with Crippen molar-refractivity contribution >= 4 is 5.78 Å². The van der Waals surface area contributed by atoms with Crippen molar-refractivity contribution in [3.63, 3.8) is 0 Å². The number of hydrogen-bond acceptors (Lipinski definition) is 2. The van der Waals surface area contributed by atoms with E-state index in [0.717, 1.165) is 12.8 Å². The second kappa shape index (κ2) is 1.99. The summed E-state index contributed by atoms with van der Waals surface area (Å²) in [6.45, 7) is 0. The van der Waals surface area contributed by atoms with Gasteiger partial charge >= 0.3 is 0 Å². The first kappa shape index (κ1) is 6.84. The molecule has 3 aliphatic rings. The zero-order valence-electron chi connectivity index (χ0n) is 6.81. The summed E-state index contributed by atoms with van der Waals surface area (Å²) in [6.07, 6.45) is 5.64. The van der Waals surface area contributed by atoms with E-state index < -0.39 is 0 Å². The molecule has 0 radical (unpaired) electrons. The van der Waals surface area contributed by atoms with Crippen molar-refractivity contribution in [1.82, 2.24) is 0 Å². The molecule has 12 heavy (non-hydrogen) atoms. The van der Waals surface area contributed by atoms with Crippen molar-refractivity contribution in [2.24, 2.45) is 23.7 Å². The number of ketones is 1. The highest BCUT2D eigenvalue weighted by atomic mass is 16.3. The molecule has 5 unspecified atom stereocenters. The summed E-state index contributed by atoms with van der Waals surface area (Å²) in [7, 11) is 0. The Morgan fingerprint density at radius 2 is 2.25 bits per heavy atom. The highest BCUT2D eigenvalue weighted by molar-refractivity contribution is 5.88. The largest absolute Gasteiger partial charge is 0.393 e. The van der Waals surface area contributed by atoms with Crippen molar-refractivity contribution in [2.45, 2.75) is 18.9 Å². The zero-order valence-corrected chi connectivity index (χ0v) is 6.81. The van der Waals surface area contributed by atoms with Gasteiger partial charge in [0.2, 0.25) is 0 Å². The molecule has 1 N–H and O–H groups in total. The van der Waals surface area contributed by atoms with E-state index in [9.17, 15) is 9.90 Å². The maximum atomic E-state index is 11.6. The predicted octanol–water partition coefficient (Wildman–Crippen LogP) is 0.758. The Balaban J connectivity index is 2.08. The van der Waals surface area contributed by atoms with Gasteiger partial charge in [0.15, 0.2) is 0 Å². The molecule has 0 aliphatic heterocycles. The lowest BCUT2D eigenvalue weighted by atomic mass is 9.80. The third-order valence-electron chi connectivity index (χ3n) is 3.79. The minimum Gasteiger partial charge on any atom is -0.393 e. The first-order valence-electron chi connectivity index (χ1n) is 4.67. The Morgan fingerprint density at radius 1 is 1.42 bits per heavy atom. The highest BCUT2D eigenvalue weighted by Crippen LogP contribution is 2.54. The molecule has 0 saturated heterocycles. The summed E-state index contributed by atoms with van der Waals surface area (Å²) in [4.78, 5) is 11.6. The fourth-order valence-electron chi connectivity index (χ4n) is 3.32. The van der Waals surface area contributed by atoms with Crippen LogP contribution in [-0.4, -0.2) is 17.0 Å². The average Bonchev–Trinajstić information content (AvgIpc) is 2.48. The van der Waals surface area contributed by atoms with Crippen LogP contribution in [-0.2, 0) is 4.79 Å². The Hall–Kier alpha value is -0.630. The van der Waals surface area contributed by atoms with Gasteiger partial charge in [-0.05, 0) is 18.8 Å². The molecule has 0 aromatic heterocycles. The van der Waals surface area contributed by atoms with Crippen LogP contribution < -0.4 is 0 Å². The predicted molar refractivity (Wildman–Crippen MR) is 43.3 cm³/mol. The zero-order chi connectivity index (χ0) is 8.29. The van der Waals surface area contributed by atoms with E-state index in [1.807, 2.05) is 0 Å². The Labute approximate surface area is 71.3 Å². The first-order chi connectivity index (χ1) is 5.79. The molecule has 5 atom stereocenters. The van der Waals surface area contributed by atoms with Gasteiger partial charge < -0.3 is 5.11 Å². The van der Waals surface area contributed by atoms with Gasteiger partial charge in [0.1, 0.15) is 5.78 Å². The topological polar surface area (TPSA) is 37.3 Å². The van der Waals surface area contributed by atoms with Crippen LogP contribution in [0.2, 0.25) is 0 Å². The monoisotopic (exact) mass is 164 g/mol. The van der Waals surface area contributed by atoms with E-state index in [4.69, 9.17) is 0 Å². The molecule has 0 spiro atoms. The normalized spacial score (nSPS) is 55.1. The van der Waals surface area contributed by atoms with Crippen LogP contribution in [0.25, 0.3) is 0 Å². The molecule has 64 valence electrons. The van der Waals surface area contributed by atoms with E-state index in [-0.39, 0.29) is 23.9 Å². The number of carbonyl (C=O) groups excluding carboxylic acids is 1. The molecule has 0 aromatic carbocycles. The van der Waals surface area contributed by atoms with E-state index in [1.54, 1.807) is 0 Å². The van der Waals surface area contributed by atoms with Gasteiger partial charge in [-0.1, -0.05) is 12.2 Å². The molecule has 2 nitrogen and oxygen atoms in total. The quantitative estimate of drug-likeness (QED) is 0.537. The molecule has 4 bridgehead atoms. The standard InChI is InChI=1S/C10H12O2/c11-8-4-7-5-2-1-3-6(9(5)8)10(7)12/h1-2,5-9,11H,3-4H2. The summed E-state index contributed by atoms with van der Waals surface area (Å²) in [5.41, 5.74) is 0. The smallest absolute Gasteiger partial charge is 0.140 e. The molecule has 0 aromatic rings. The molecule has 3 aliphatic carbocycles. The average molecular weight is 164 g/mol. The van der Waals surface area contributed by atoms with Gasteiger partial charge in [0.05, 0.1) is 6.10 Å². The summed E-state index contributed by atoms with van der Waals surface area (Å²) in [5, 5.41) is 9.66. The summed E-state index contributed by atoms with van der Waals surface area (Å²) in [5.74, 6) is 1.39. The van der Waals surface area contributed by atoms with Crippen LogP contribution in [0.3, 0.4) is 0 Å². The van der Waals surface area contributed by atoms with Gasteiger partial charge in [-0.3, -0.25) is 4.79 Å². The first-order valence-corrected chi connectivity index (χ1v) is 4.67. The maximum absolute atomic E-state index is 11.6. The second-order valence-corrected chi connectivity index (χ2v) is 4.24. The lowest BCUT2D eigenvalue weighted by Crippen LogP contribution is -2.31. The summed E-state index contributed by atoms with van der Waals surface area (Å²) < 4.78 is 0. The number of hydrogen-bond donors (Lipinski definition) is 1. The molecule has 0 amide bonds. The SMILES string of the molecule is O=C1C2CC(O)C3C1CC=CC23. The molecule has 2 saturated carbocycles. The van der Waals surface area contributed by atoms with Crippen molar-refractivity contribution in [3.05, 3.63) is 12.2 Å². The van der Waals surface area contributed by atoms with E-state index in [2.05, 4.69) is 12.2 Å². The number of allylic oxidation sites excluding steroid dienone is 2. The fourth-order valence-corrected chi connectivity index (χ4v) is 3.32. The minimum atomic E-state index is -0.201. The van der Waals surface area contributed by atoms with Gasteiger partial charge in [-0.15, -0.1) is 0 Å². The van der Waals surface area contributed by atoms with Crippen LogP contribution >= 0.6 is 0 Å². The van der Waals surface area contributed by atoms with Crippen molar-refractivity contribution < 1.29 is 9.90 Å². The van der Waals surface area contributed by atoms with E-state index >= 15 is 0 Å². The maximum Gasteiger partial charge on any atom is 0.140 e. The van der Waals surface area contributed by atoms with Crippen molar-refractivity contribution in [3.8, 4) is 0 Å². The molecule has 0 heterocycles.